The lowest BCUT2D eigenvalue weighted by Crippen LogP contribution is -2.06. The van der Waals surface area contributed by atoms with Crippen molar-refractivity contribution in [3.63, 3.8) is 0 Å². The maximum Gasteiger partial charge on any atom is 0.0472 e. The van der Waals surface area contributed by atoms with Gasteiger partial charge in [0.2, 0.25) is 0 Å². The standard InChI is InChI=1S/C14H21NO/c1-3-11-5-6-13-12(7-8-16-4-2)10-15-14(13)9-11/h5-6,9,12,15H,3-4,7-8,10H2,1-2H3. The van der Waals surface area contributed by atoms with Crippen LogP contribution in [0.25, 0.3) is 0 Å². The quantitative estimate of drug-likeness (QED) is 0.768. The van der Waals surface area contributed by atoms with E-state index in [9.17, 15) is 0 Å². The van der Waals surface area contributed by atoms with Crippen LogP contribution in [0.5, 0.6) is 0 Å². The zero-order valence-corrected chi connectivity index (χ0v) is 10.3. The molecule has 16 heavy (non-hydrogen) atoms. The van der Waals surface area contributed by atoms with Gasteiger partial charge >= 0.3 is 0 Å². The third kappa shape index (κ3) is 2.38. The van der Waals surface area contributed by atoms with Crippen LogP contribution in [-0.4, -0.2) is 19.8 Å². The molecule has 1 aliphatic rings. The monoisotopic (exact) mass is 219 g/mol. The van der Waals surface area contributed by atoms with Gasteiger partial charge in [0, 0.05) is 31.4 Å². The number of nitrogens with one attached hydrogen (secondary N) is 1. The number of fused-ring (bicyclic) bond motifs is 1. The molecule has 0 saturated carbocycles. The Balaban J connectivity index is 2.02. The van der Waals surface area contributed by atoms with E-state index < -0.39 is 0 Å². The molecule has 1 aromatic rings. The number of anilines is 1. The summed E-state index contributed by atoms with van der Waals surface area (Å²) >= 11 is 0. The van der Waals surface area contributed by atoms with Crippen LogP contribution in [0.1, 0.15) is 37.3 Å². The summed E-state index contributed by atoms with van der Waals surface area (Å²) in [5, 5.41) is 3.50. The molecule has 1 heterocycles. The van der Waals surface area contributed by atoms with Crippen LogP contribution in [0.15, 0.2) is 18.2 Å². The highest BCUT2D eigenvalue weighted by Crippen LogP contribution is 2.34. The van der Waals surface area contributed by atoms with Gasteiger partial charge in [-0.1, -0.05) is 19.1 Å². The summed E-state index contributed by atoms with van der Waals surface area (Å²) in [5.41, 5.74) is 4.22. The van der Waals surface area contributed by atoms with Gasteiger partial charge in [0.1, 0.15) is 0 Å². The van der Waals surface area contributed by atoms with E-state index >= 15 is 0 Å². The molecular formula is C14H21NO. The number of hydrogen-bond donors (Lipinski definition) is 1. The predicted octanol–water partition coefficient (Wildman–Crippen LogP) is 3.18. The largest absolute Gasteiger partial charge is 0.384 e. The minimum Gasteiger partial charge on any atom is -0.384 e. The molecule has 1 N–H and O–H groups in total. The summed E-state index contributed by atoms with van der Waals surface area (Å²) in [6, 6.07) is 6.82. The third-order valence-electron chi connectivity index (χ3n) is 3.32. The summed E-state index contributed by atoms with van der Waals surface area (Å²) in [7, 11) is 0. The van der Waals surface area contributed by atoms with Gasteiger partial charge in [-0.3, -0.25) is 0 Å². The van der Waals surface area contributed by atoms with Crippen molar-refractivity contribution in [2.45, 2.75) is 32.6 Å². The van der Waals surface area contributed by atoms with E-state index in [1.165, 1.54) is 16.8 Å². The fourth-order valence-electron chi connectivity index (χ4n) is 2.30. The first-order valence-electron chi connectivity index (χ1n) is 6.29. The van der Waals surface area contributed by atoms with E-state index in [-0.39, 0.29) is 0 Å². The first kappa shape index (κ1) is 11.5. The Morgan fingerprint density at radius 2 is 2.25 bits per heavy atom. The van der Waals surface area contributed by atoms with Crippen molar-refractivity contribution >= 4 is 5.69 Å². The van der Waals surface area contributed by atoms with Crippen molar-refractivity contribution in [3.05, 3.63) is 29.3 Å². The fraction of sp³-hybridized carbons (Fsp3) is 0.571. The number of hydrogen-bond acceptors (Lipinski definition) is 2. The number of benzene rings is 1. The van der Waals surface area contributed by atoms with Crippen molar-refractivity contribution in [1.29, 1.82) is 0 Å². The molecule has 2 heteroatoms. The molecule has 1 unspecified atom stereocenters. The smallest absolute Gasteiger partial charge is 0.0472 e. The lowest BCUT2D eigenvalue weighted by atomic mass is 9.97. The van der Waals surface area contributed by atoms with Crippen molar-refractivity contribution in [2.75, 3.05) is 25.1 Å². The van der Waals surface area contributed by atoms with Crippen LogP contribution in [0, 0.1) is 0 Å². The zero-order chi connectivity index (χ0) is 11.4. The van der Waals surface area contributed by atoms with Crippen LogP contribution >= 0.6 is 0 Å². The maximum atomic E-state index is 5.43. The molecule has 0 aromatic heterocycles. The van der Waals surface area contributed by atoms with Crippen molar-refractivity contribution < 1.29 is 4.74 Å². The number of ether oxygens (including phenoxy) is 1. The van der Waals surface area contributed by atoms with Gasteiger partial charge in [0.05, 0.1) is 0 Å². The Morgan fingerprint density at radius 3 is 3.00 bits per heavy atom. The molecule has 0 bridgehead atoms. The third-order valence-corrected chi connectivity index (χ3v) is 3.32. The van der Waals surface area contributed by atoms with Crippen molar-refractivity contribution in [1.82, 2.24) is 0 Å². The molecule has 0 amide bonds. The Hall–Kier alpha value is -1.02. The normalized spacial score (nSPS) is 18.2. The van der Waals surface area contributed by atoms with Crippen LogP contribution in [-0.2, 0) is 11.2 Å². The van der Waals surface area contributed by atoms with Crippen LogP contribution < -0.4 is 5.32 Å². The van der Waals surface area contributed by atoms with E-state index in [1.54, 1.807) is 0 Å². The summed E-state index contributed by atoms with van der Waals surface area (Å²) < 4.78 is 5.43. The topological polar surface area (TPSA) is 21.3 Å². The summed E-state index contributed by atoms with van der Waals surface area (Å²) in [5.74, 6) is 0.632. The van der Waals surface area contributed by atoms with Gasteiger partial charge < -0.3 is 10.1 Å². The van der Waals surface area contributed by atoms with Crippen LogP contribution in [0.3, 0.4) is 0 Å². The molecule has 0 fully saturated rings. The molecule has 0 radical (unpaired) electrons. The van der Waals surface area contributed by atoms with Crippen molar-refractivity contribution in [3.8, 4) is 0 Å². The summed E-state index contributed by atoms with van der Waals surface area (Å²) in [4.78, 5) is 0. The second-order valence-electron chi connectivity index (χ2n) is 4.34. The highest BCUT2D eigenvalue weighted by atomic mass is 16.5. The van der Waals surface area contributed by atoms with Crippen LogP contribution in [0.4, 0.5) is 5.69 Å². The van der Waals surface area contributed by atoms with Gasteiger partial charge in [-0.2, -0.15) is 0 Å². The minimum atomic E-state index is 0.632. The van der Waals surface area contributed by atoms with Gasteiger partial charge in [-0.05, 0) is 37.0 Å². The molecule has 2 nitrogen and oxygen atoms in total. The maximum absolute atomic E-state index is 5.43. The Kier molecular flexibility index (Phi) is 3.83. The lowest BCUT2D eigenvalue weighted by molar-refractivity contribution is 0.141. The summed E-state index contributed by atoms with van der Waals surface area (Å²) in [6.45, 7) is 7.01. The highest BCUT2D eigenvalue weighted by Gasteiger charge is 2.21. The van der Waals surface area contributed by atoms with E-state index in [0.29, 0.717) is 5.92 Å². The molecule has 0 aliphatic carbocycles. The molecular weight excluding hydrogens is 198 g/mol. The molecule has 1 atom stereocenters. The average molecular weight is 219 g/mol. The summed E-state index contributed by atoms with van der Waals surface area (Å²) in [6.07, 6.45) is 2.23. The van der Waals surface area contributed by atoms with Gasteiger partial charge in [0.25, 0.3) is 0 Å². The van der Waals surface area contributed by atoms with Gasteiger partial charge in [-0.15, -0.1) is 0 Å². The first-order chi connectivity index (χ1) is 7.85. The molecule has 2 rings (SSSR count). The van der Waals surface area contributed by atoms with E-state index in [1.807, 2.05) is 6.92 Å². The second-order valence-corrected chi connectivity index (χ2v) is 4.34. The molecule has 0 spiro atoms. The highest BCUT2D eigenvalue weighted by molar-refractivity contribution is 5.59. The van der Waals surface area contributed by atoms with E-state index in [4.69, 9.17) is 4.74 Å². The predicted molar refractivity (Wildman–Crippen MR) is 68.2 cm³/mol. The minimum absolute atomic E-state index is 0.632. The van der Waals surface area contributed by atoms with Gasteiger partial charge in [-0.25, -0.2) is 0 Å². The molecule has 1 aliphatic heterocycles. The average Bonchev–Trinajstić information content (AvgIpc) is 2.72. The fourth-order valence-corrected chi connectivity index (χ4v) is 2.30. The van der Waals surface area contributed by atoms with Crippen molar-refractivity contribution in [2.24, 2.45) is 0 Å². The Morgan fingerprint density at radius 1 is 1.38 bits per heavy atom. The lowest BCUT2D eigenvalue weighted by Gasteiger charge is -2.10. The van der Waals surface area contributed by atoms with Gasteiger partial charge in [0.15, 0.2) is 0 Å². The first-order valence-corrected chi connectivity index (χ1v) is 6.29. The zero-order valence-electron chi connectivity index (χ0n) is 10.3. The Bertz CT molecular complexity index is 349. The SMILES string of the molecule is CCOCCC1CNc2cc(CC)ccc21. The Labute approximate surface area is 98.0 Å². The van der Waals surface area contributed by atoms with Crippen LogP contribution in [0.2, 0.25) is 0 Å². The molecule has 1 aromatic carbocycles. The second kappa shape index (κ2) is 5.35. The molecule has 0 saturated heterocycles. The number of rotatable bonds is 5. The van der Waals surface area contributed by atoms with E-state index in [2.05, 4.69) is 30.4 Å². The molecule has 88 valence electrons. The van der Waals surface area contributed by atoms with E-state index in [0.717, 1.165) is 32.6 Å². The number of aryl methyl sites for hydroxylation is 1.